The van der Waals surface area contributed by atoms with E-state index in [-0.39, 0.29) is 22.1 Å². The van der Waals surface area contributed by atoms with Gasteiger partial charge >= 0.3 is 0 Å². The molecule has 1 aromatic carbocycles. The highest BCUT2D eigenvalue weighted by atomic mass is 32.2. The van der Waals surface area contributed by atoms with Gasteiger partial charge in [-0.25, -0.2) is 8.42 Å². The van der Waals surface area contributed by atoms with Crippen molar-refractivity contribution in [2.45, 2.75) is 38.1 Å². The number of hydrogen-bond donors (Lipinski definition) is 1. The van der Waals surface area contributed by atoms with E-state index in [4.69, 9.17) is 9.15 Å². The maximum Gasteiger partial charge on any atom is 0.251 e. The molecule has 0 saturated carbocycles. The quantitative estimate of drug-likeness (QED) is 0.783. The number of methoxy groups -OCH3 is 1. The van der Waals surface area contributed by atoms with Gasteiger partial charge in [0.25, 0.3) is 5.91 Å². The molecule has 1 N–H and O–H groups in total. The highest BCUT2D eigenvalue weighted by molar-refractivity contribution is 7.90. The van der Waals surface area contributed by atoms with Gasteiger partial charge in [-0.05, 0) is 30.5 Å². The summed E-state index contributed by atoms with van der Waals surface area (Å²) >= 11 is 0. The summed E-state index contributed by atoms with van der Waals surface area (Å²) in [5, 5.41) is 10.6. The number of carbonyl (C=O) groups excluding carboxylic acids is 1. The Labute approximate surface area is 152 Å². The first-order valence-corrected chi connectivity index (χ1v) is 10.00. The van der Waals surface area contributed by atoms with Gasteiger partial charge in [0.05, 0.1) is 7.11 Å². The molecule has 142 valence electrons. The number of amides is 1. The minimum atomic E-state index is -3.54. The molecule has 8 nitrogen and oxygen atoms in total. The van der Waals surface area contributed by atoms with Crippen LogP contribution in [0.5, 0.6) is 5.75 Å². The number of rotatable bonds is 7. The highest BCUT2D eigenvalue weighted by Gasteiger charge is 2.24. The average molecular weight is 381 g/mol. The third-order valence-electron chi connectivity index (χ3n) is 3.68. The van der Waals surface area contributed by atoms with E-state index >= 15 is 0 Å². The number of sulfone groups is 1. The molecule has 26 heavy (non-hydrogen) atoms. The Morgan fingerprint density at radius 3 is 2.50 bits per heavy atom. The maximum absolute atomic E-state index is 12.7. The summed E-state index contributed by atoms with van der Waals surface area (Å²) in [4.78, 5) is 12.6. The van der Waals surface area contributed by atoms with E-state index in [0.29, 0.717) is 18.2 Å². The summed E-state index contributed by atoms with van der Waals surface area (Å²) in [6.07, 6.45) is 1.66. The van der Waals surface area contributed by atoms with E-state index in [1.807, 2.05) is 13.8 Å². The van der Waals surface area contributed by atoms with Crippen LogP contribution in [0, 0.1) is 12.8 Å². The van der Waals surface area contributed by atoms with Crippen LogP contribution >= 0.6 is 0 Å². The van der Waals surface area contributed by atoms with Crippen molar-refractivity contribution in [3.63, 3.8) is 0 Å². The molecule has 0 aliphatic heterocycles. The van der Waals surface area contributed by atoms with Crippen LogP contribution in [0.4, 0.5) is 0 Å². The van der Waals surface area contributed by atoms with Gasteiger partial charge in [-0.3, -0.25) is 4.79 Å². The molecule has 0 aliphatic rings. The van der Waals surface area contributed by atoms with Crippen molar-refractivity contribution in [2.75, 3.05) is 13.4 Å². The van der Waals surface area contributed by atoms with Gasteiger partial charge in [0.1, 0.15) is 16.7 Å². The summed E-state index contributed by atoms with van der Waals surface area (Å²) in [7, 11) is -2.17. The smallest absolute Gasteiger partial charge is 0.251 e. The molecule has 0 aliphatic carbocycles. The number of aromatic nitrogens is 2. The van der Waals surface area contributed by atoms with E-state index in [9.17, 15) is 13.2 Å². The molecule has 2 aromatic rings. The van der Waals surface area contributed by atoms with Crippen molar-refractivity contribution in [1.82, 2.24) is 15.5 Å². The van der Waals surface area contributed by atoms with Crippen molar-refractivity contribution < 1.29 is 22.4 Å². The van der Waals surface area contributed by atoms with Crippen LogP contribution in [0.25, 0.3) is 0 Å². The molecular weight excluding hydrogens is 358 g/mol. The predicted octanol–water partition coefficient (Wildman–Crippen LogP) is 2.31. The first-order valence-electron chi connectivity index (χ1n) is 8.10. The molecule has 1 aromatic heterocycles. The number of nitrogens with one attached hydrogen (secondary N) is 1. The van der Waals surface area contributed by atoms with Gasteiger partial charge in [0.15, 0.2) is 9.84 Å². The largest absolute Gasteiger partial charge is 0.495 e. The molecule has 0 radical (unpaired) electrons. The lowest BCUT2D eigenvalue weighted by Gasteiger charge is -2.17. The third-order valence-corrected chi connectivity index (χ3v) is 4.80. The summed E-state index contributed by atoms with van der Waals surface area (Å²) in [5.41, 5.74) is 0.205. The van der Waals surface area contributed by atoms with Crippen LogP contribution in [-0.4, -0.2) is 37.9 Å². The minimum absolute atomic E-state index is 0.0401. The summed E-state index contributed by atoms with van der Waals surface area (Å²) < 4.78 is 34.4. The van der Waals surface area contributed by atoms with Crippen LogP contribution < -0.4 is 10.1 Å². The molecule has 0 spiro atoms. The molecule has 1 heterocycles. The first-order chi connectivity index (χ1) is 12.1. The van der Waals surface area contributed by atoms with E-state index in [1.165, 1.54) is 25.3 Å². The predicted molar refractivity (Wildman–Crippen MR) is 94.8 cm³/mol. The SMILES string of the molecule is COc1ccc(C(=O)NC(CC(C)C)c2nnc(C)o2)cc1S(C)(=O)=O. The van der Waals surface area contributed by atoms with Gasteiger partial charge in [-0.15, -0.1) is 10.2 Å². The fourth-order valence-corrected chi connectivity index (χ4v) is 3.35. The molecule has 0 saturated heterocycles. The van der Waals surface area contributed by atoms with Crippen LogP contribution in [0.2, 0.25) is 0 Å². The maximum atomic E-state index is 12.7. The zero-order chi connectivity index (χ0) is 19.5. The van der Waals surface area contributed by atoms with Crippen molar-refractivity contribution in [3.05, 3.63) is 35.5 Å². The fraction of sp³-hybridized carbons (Fsp3) is 0.471. The van der Waals surface area contributed by atoms with Crippen molar-refractivity contribution in [2.24, 2.45) is 5.92 Å². The summed E-state index contributed by atoms with van der Waals surface area (Å²) in [6.45, 7) is 5.70. The zero-order valence-electron chi connectivity index (χ0n) is 15.4. The van der Waals surface area contributed by atoms with Crippen LogP contribution in [0.3, 0.4) is 0 Å². The van der Waals surface area contributed by atoms with Crippen LogP contribution in [0.15, 0.2) is 27.5 Å². The normalized spacial score (nSPS) is 12.8. The van der Waals surface area contributed by atoms with Crippen LogP contribution in [-0.2, 0) is 9.84 Å². The lowest BCUT2D eigenvalue weighted by molar-refractivity contribution is 0.0924. The monoisotopic (exact) mass is 381 g/mol. The van der Waals surface area contributed by atoms with Gasteiger partial charge in [0.2, 0.25) is 11.8 Å². The second kappa shape index (κ2) is 7.86. The Bertz CT molecular complexity index is 890. The number of nitrogens with zero attached hydrogens (tertiary/aromatic N) is 2. The van der Waals surface area contributed by atoms with Gasteiger partial charge < -0.3 is 14.5 Å². The molecule has 2 rings (SSSR count). The lowest BCUT2D eigenvalue weighted by Crippen LogP contribution is -2.30. The number of hydrogen-bond acceptors (Lipinski definition) is 7. The minimum Gasteiger partial charge on any atom is -0.495 e. The van der Waals surface area contributed by atoms with E-state index in [0.717, 1.165) is 6.26 Å². The molecule has 1 unspecified atom stereocenters. The Morgan fingerprint density at radius 2 is 2.00 bits per heavy atom. The third kappa shape index (κ3) is 4.81. The van der Waals surface area contributed by atoms with Gasteiger partial charge in [-0.1, -0.05) is 13.8 Å². The number of ether oxygens (including phenoxy) is 1. The second-order valence-electron chi connectivity index (χ2n) is 6.45. The lowest BCUT2D eigenvalue weighted by atomic mass is 10.0. The average Bonchev–Trinajstić information content (AvgIpc) is 2.98. The molecule has 0 fully saturated rings. The van der Waals surface area contributed by atoms with Crippen molar-refractivity contribution in [1.29, 1.82) is 0 Å². The molecule has 0 bridgehead atoms. The van der Waals surface area contributed by atoms with Gasteiger partial charge in [-0.2, -0.15) is 0 Å². The van der Waals surface area contributed by atoms with Gasteiger partial charge in [0, 0.05) is 18.7 Å². The number of aryl methyl sites for hydroxylation is 1. The second-order valence-corrected chi connectivity index (χ2v) is 8.44. The topological polar surface area (TPSA) is 111 Å². The first kappa shape index (κ1) is 19.9. The number of carbonyl (C=O) groups is 1. The fourth-order valence-electron chi connectivity index (χ4n) is 2.49. The Kier molecular flexibility index (Phi) is 6.01. The zero-order valence-corrected chi connectivity index (χ0v) is 16.3. The molecular formula is C17H23N3O5S. The highest BCUT2D eigenvalue weighted by Crippen LogP contribution is 2.26. The van der Waals surface area contributed by atoms with E-state index in [1.54, 1.807) is 6.92 Å². The Balaban J connectivity index is 2.32. The Hall–Kier alpha value is -2.42. The standard InChI is InChI=1S/C17H23N3O5S/c1-10(2)8-13(17-20-19-11(3)25-17)18-16(21)12-6-7-14(24-4)15(9-12)26(5,22)23/h6-7,9-10,13H,8H2,1-5H3,(H,18,21). The van der Waals surface area contributed by atoms with Crippen molar-refractivity contribution >= 4 is 15.7 Å². The van der Waals surface area contributed by atoms with Crippen LogP contribution in [0.1, 0.15) is 48.4 Å². The molecule has 9 heteroatoms. The summed E-state index contributed by atoms with van der Waals surface area (Å²) in [5.74, 6) is 0.762. The van der Waals surface area contributed by atoms with E-state index < -0.39 is 21.8 Å². The number of benzene rings is 1. The summed E-state index contributed by atoms with van der Waals surface area (Å²) in [6, 6.07) is 3.80. The molecule has 1 atom stereocenters. The van der Waals surface area contributed by atoms with Crippen molar-refractivity contribution in [3.8, 4) is 5.75 Å². The Morgan fingerprint density at radius 1 is 1.31 bits per heavy atom. The molecule has 1 amide bonds. The van der Waals surface area contributed by atoms with E-state index in [2.05, 4.69) is 15.5 Å².